The number of nitro groups is 1. The Kier molecular flexibility index (Phi) is 5.18. The number of nitrogens with one attached hydrogen (secondary N) is 1. The molecular weight excluding hydrogens is 403 g/mol. The third-order valence-electron chi connectivity index (χ3n) is 3.46. The number of hydrogen-bond donors (Lipinski definition) is 1. The molecule has 1 N–H and O–H groups in total. The van der Waals surface area contributed by atoms with E-state index < -0.39 is 10.8 Å². The largest absolute Gasteiger partial charge is 0.451 e. The Bertz CT molecular complexity index is 1020. The van der Waals surface area contributed by atoms with Crippen LogP contribution in [0.2, 0.25) is 15.1 Å². The van der Waals surface area contributed by atoms with E-state index in [9.17, 15) is 14.9 Å². The van der Waals surface area contributed by atoms with Gasteiger partial charge in [0.05, 0.1) is 25.7 Å². The average Bonchev–Trinajstić information content (AvgIpc) is 3.09. The summed E-state index contributed by atoms with van der Waals surface area (Å²) in [5, 5.41) is 14.0. The van der Waals surface area contributed by atoms with E-state index in [0.29, 0.717) is 21.4 Å². The zero-order chi connectivity index (χ0) is 18.8. The minimum atomic E-state index is -0.578. The second kappa shape index (κ2) is 7.37. The van der Waals surface area contributed by atoms with Gasteiger partial charge in [-0.1, -0.05) is 40.9 Å². The van der Waals surface area contributed by atoms with E-state index in [1.807, 2.05) is 0 Å². The van der Waals surface area contributed by atoms with Crippen molar-refractivity contribution in [1.29, 1.82) is 0 Å². The number of amides is 1. The van der Waals surface area contributed by atoms with Crippen molar-refractivity contribution in [2.24, 2.45) is 0 Å². The van der Waals surface area contributed by atoms with E-state index in [4.69, 9.17) is 39.2 Å². The maximum Gasteiger partial charge on any atom is 0.291 e. The van der Waals surface area contributed by atoms with Gasteiger partial charge in [0.25, 0.3) is 11.6 Å². The molecule has 1 aromatic heterocycles. The van der Waals surface area contributed by atoms with Crippen LogP contribution >= 0.6 is 34.8 Å². The average molecular weight is 412 g/mol. The number of non-ortho nitro benzene ring substituents is 1. The van der Waals surface area contributed by atoms with Crippen LogP contribution in [0.4, 0.5) is 11.4 Å². The number of nitrogens with zero attached hydrogens (tertiary/aromatic N) is 1. The number of benzene rings is 2. The molecule has 1 amide bonds. The molecule has 0 aliphatic heterocycles. The third-order valence-corrected chi connectivity index (χ3v) is 4.59. The quantitative estimate of drug-likeness (QED) is 0.417. The fourth-order valence-electron chi connectivity index (χ4n) is 2.20. The van der Waals surface area contributed by atoms with Crippen LogP contribution < -0.4 is 5.32 Å². The van der Waals surface area contributed by atoms with Crippen molar-refractivity contribution in [3.05, 3.63) is 79.5 Å². The monoisotopic (exact) mass is 410 g/mol. The number of hydrogen-bond acceptors (Lipinski definition) is 4. The first-order valence-electron chi connectivity index (χ1n) is 7.16. The summed E-state index contributed by atoms with van der Waals surface area (Å²) in [6.45, 7) is 0. The van der Waals surface area contributed by atoms with Gasteiger partial charge in [0.1, 0.15) is 5.76 Å². The van der Waals surface area contributed by atoms with Crippen LogP contribution in [0, 0.1) is 10.1 Å². The summed E-state index contributed by atoms with van der Waals surface area (Å²) < 4.78 is 5.53. The summed E-state index contributed by atoms with van der Waals surface area (Å²) in [6.07, 6.45) is 0. The molecule has 0 fully saturated rings. The summed E-state index contributed by atoms with van der Waals surface area (Å²) in [5.74, 6) is -0.173. The summed E-state index contributed by atoms with van der Waals surface area (Å²) in [4.78, 5) is 22.5. The second-order valence-electron chi connectivity index (χ2n) is 5.14. The Balaban J connectivity index is 1.83. The molecule has 0 aliphatic rings. The van der Waals surface area contributed by atoms with Gasteiger partial charge in [-0.2, -0.15) is 0 Å². The van der Waals surface area contributed by atoms with Crippen LogP contribution in [-0.4, -0.2) is 10.8 Å². The van der Waals surface area contributed by atoms with Crippen LogP contribution in [0.15, 0.2) is 52.9 Å². The van der Waals surface area contributed by atoms with Gasteiger partial charge < -0.3 is 9.73 Å². The summed E-state index contributed by atoms with van der Waals surface area (Å²) >= 11 is 18.1. The minimum Gasteiger partial charge on any atom is -0.451 e. The molecule has 1 heterocycles. The summed E-state index contributed by atoms with van der Waals surface area (Å²) in [6, 6.07) is 11.9. The SMILES string of the molecule is O=C(Nc1ccc([N+](=O)[O-])cc1Cl)c1ccc(-c2cccc(Cl)c2Cl)o1. The molecule has 0 radical (unpaired) electrons. The maximum atomic E-state index is 12.3. The second-order valence-corrected chi connectivity index (χ2v) is 6.33. The Morgan fingerprint density at radius 3 is 2.50 bits per heavy atom. The van der Waals surface area contributed by atoms with E-state index in [0.717, 1.165) is 6.07 Å². The van der Waals surface area contributed by atoms with E-state index in [1.165, 1.54) is 18.2 Å². The van der Waals surface area contributed by atoms with E-state index in [1.54, 1.807) is 24.3 Å². The Hall–Kier alpha value is -2.54. The molecule has 3 rings (SSSR count). The Morgan fingerprint density at radius 1 is 1.04 bits per heavy atom. The van der Waals surface area contributed by atoms with Crippen molar-refractivity contribution in [3.63, 3.8) is 0 Å². The highest BCUT2D eigenvalue weighted by molar-refractivity contribution is 6.43. The molecule has 0 aliphatic carbocycles. The normalized spacial score (nSPS) is 10.6. The number of carbonyl (C=O) groups is 1. The predicted octanol–water partition coefficient (Wildman–Crippen LogP) is 6.07. The molecule has 132 valence electrons. The highest BCUT2D eigenvalue weighted by Gasteiger charge is 2.17. The standard InChI is InChI=1S/C17H9Cl3N2O4/c18-11-3-1-2-10(16(11)20)14-6-7-15(26-14)17(23)21-13-5-4-9(22(24)25)8-12(13)19/h1-8H,(H,21,23). The lowest BCUT2D eigenvalue weighted by molar-refractivity contribution is -0.384. The first kappa shape index (κ1) is 18.3. The predicted molar refractivity (Wildman–Crippen MR) is 100 cm³/mol. The van der Waals surface area contributed by atoms with Gasteiger partial charge in [-0.3, -0.25) is 14.9 Å². The Labute approximate surface area is 162 Å². The smallest absolute Gasteiger partial charge is 0.291 e. The maximum absolute atomic E-state index is 12.3. The summed E-state index contributed by atoms with van der Waals surface area (Å²) in [5.41, 5.74) is 0.594. The molecular formula is C17H9Cl3N2O4. The lowest BCUT2D eigenvalue weighted by Gasteiger charge is -2.06. The van der Waals surface area contributed by atoms with Gasteiger partial charge in [0, 0.05) is 17.7 Å². The lowest BCUT2D eigenvalue weighted by Crippen LogP contribution is -2.11. The molecule has 9 heteroatoms. The van der Waals surface area contributed by atoms with Crippen LogP contribution in [0.5, 0.6) is 0 Å². The van der Waals surface area contributed by atoms with Crippen molar-refractivity contribution in [2.75, 3.05) is 5.32 Å². The molecule has 26 heavy (non-hydrogen) atoms. The fourth-order valence-corrected chi connectivity index (χ4v) is 2.82. The van der Waals surface area contributed by atoms with E-state index in [2.05, 4.69) is 5.32 Å². The zero-order valence-electron chi connectivity index (χ0n) is 12.8. The number of rotatable bonds is 4. The summed E-state index contributed by atoms with van der Waals surface area (Å²) in [7, 11) is 0. The van der Waals surface area contributed by atoms with Gasteiger partial charge in [-0.25, -0.2) is 0 Å². The topological polar surface area (TPSA) is 85.4 Å². The fraction of sp³-hybridized carbons (Fsp3) is 0. The zero-order valence-corrected chi connectivity index (χ0v) is 15.1. The molecule has 0 atom stereocenters. The first-order valence-corrected chi connectivity index (χ1v) is 8.29. The molecule has 0 spiro atoms. The molecule has 0 saturated carbocycles. The molecule has 6 nitrogen and oxygen atoms in total. The lowest BCUT2D eigenvalue weighted by atomic mass is 10.2. The van der Waals surface area contributed by atoms with Crippen LogP contribution in [0.25, 0.3) is 11.3 Å². The molecule has 0 saturated heterocycles. The number of furan rings is 1. The molecule has 2 aromatic carbocycles. The Morgan fingerprint density at radius 2 is 1.81 bits per heavy atom. The van der Waals surface area contributed by atoms with Crippen molar-refractivity contribution >= 4 is 52.1 Å². The first-order chi connectivity index (χ1) is 12.4. The van der Waals surface area contributed by atoms with E-state index in [-0.39, 0.29) is 22.2 Å². The van der Waals surface area contributed by atoms with Gasteiger partial charge in [0.15, 0.2) is 5.76 Å². The highest BCUT2D eigenvalue weighted by atomic mass is 35.5. The number of nitro benzene ring substituents is 1. The van der Waals surface area contributed by atoms with Gasteiger partial charge in [0.2, 0.25) is 0 Å². The molecule has 0 unspecified atom stereocenters. The minimum absolute atomic E-state index is 0.0189. The van der Waals surface area contributed by atoms with Gasteiger partial charge in [-0.05, 0) is 30.3 Å². The third kappa shape index (κ3) is 3.67. The van der Waals surface area contributed by atoms with Crippen LogP contribution in [0.1, 0.15) is 10.6 Å². The number of anilines is 1. The molecule has 3 aromatic rings. The number of halogens is 3. The molecule has 0 bridgehead atoms. The van der Waals surface area contributed by atoms with Gasteiger partial charge >= 0.3 is 0 Å². The van der Waals surface area contributed by atoms with Gasteiger partial charge in [-0.15, -0.1) is 0 Å². The number of carbonyl (C=O) groups excluding carboxylic acids is 1. The van der Waals surface area contributed by atoms with Crippen molar-refractivity contribution in [1.82, 2.24) is 0 Å². The van der Waals surface area contributed by atoms with Crippen molar-refractivity contribution in [2.45, 2.75) is 0 Å². The highest BCUT2D eigenvalue weighted by Crippen LogP contribution is 2.34. The van der Waals surface area contributed by atoms with Crippen LogP contribution in [0.3, 0.4) is 0 Å². The van der Waals surface area contributed by atoms with E-state index >= 15 is 0 Å². The van der Waals surface area contributed by atoms with Crippen LogP contribution in [-0.2, 0) is 0 Å². The van der Waals surface area contributed by atoms with Crippen molar-refractivity contribution < 1.29 is 14.1 Å². The van der Waals surface area contributed by atoms with Crippen molar-refractivity contribution in [3.8, 4) is 11.3 Å².